The predicted molar refractivity (Wildman–Crippen MR) is 83.3 cm³/mol. The van der Waals surface area contributed by atoms with Gasteiger partial charge in [-0.05, 0) is 41.5 Å². The lowest BCUT2D eigenvalue weighted by molar-refractivity contribution is -0.185. The van der Waals surface area contributed by atoms with Crippen LogP contribution in [0.3, 0.4) is 0 Å². The van der Waals surface area contributed by atoms with Gasteiger partial charge in [-0.15, -0.1) is 0 Å². The van der Waals surface area contributed by atoms with Crippen molar-refractivity contribution in [1.82, 2.24) is 0 Å². The van der Waals surface area contributed by atoms with Crippen molar-refractivity contribution in [1.29, 1.82) is 0 Å². The van der Waals surface area contributed by atoms with E-state index in [0.29, 0.717) is 5.33 Å². The van der Waals surface area contributed by atoms with Crippen molar-refractivity contribution >= 4 is 27.9 Å². The molecule has 0 unspecified atom stereocenters. The number of hydrogen-bond acceptors (Lipinski definition) is 6. The van der Waals surface area contributed by atoms with Gasteiger partial charge in [0.25, 0.3) is 0 Å². The lowest BCUT2D eigenvalue weighted by atomic mass is 9.96. The number of rotatable bonds is 3. The smallest absolute Gasteiger partial charge is 0.311 e. The number of hydrogen-bond donors (Lipinski definition) is 1. The number of carbonyl (C=O) groups excluding carboxylic acids is 2. The second-order valence-corrected chi connectivity index (χ2v) is 8.11. The van der Waals surface area contributed by atoms with Crippen molar-refractivity contribution in [3.8, 4) is 0 Å². The fourth-order valence-corrected chi connectivity index (χ4v) is 2.22. The molecule has 6 nitrogen and oxygen atoms in total. The van der Waals surface area contributed by atoms with E-state index in [1.807, 2.05) is 0 Å². The maximum Gasteiger partial charge on any atom is 0.311 e. The molecule has 0 aromatic rings. The maximum absolute atomic E-state index is 12.1. The van der Waals surface area contributed by atoms with Crippen LogP contribution in [0.4, 0.5) is 0 Å². The van der Waals surface area contributed by atoms with Gasteiger partial charge in [0.1, 0.15) is 6.10 Å². The van der Waals surface area contributed by atoms with Crippen LogP contribution in [0.15, 0.2) is 0 Å². The molecule has 128 valence electrons. The van der Waals surface area contributed by atoms with Gasteiger partial charge in [-0.3, -0.25) is 9.59 Å². The van der Waals surface area contributed by atoms with Gasteiger partial charge >= 0.3 is 11.9 Å². The second-order valence-electron chi connectivity index (χ2n) is 7.46. The predicted octanol–water partition coefficient (Wildman–Crippen LogP) is 2.01. The van der Waals surface area contributed by atoms with E-state index in [1.54, 1.807) is 41.5 Å². The summed E-state index contributed by atoms with van der Waals surface area (Å²) in [6.45, 7) is 10.3. The van der Waals surface area contributed by atoms with E-state index in [-0.39, 0.29) is 0 Å². The van der Waals surface area contributed by atoms with Crippen molar-refractivity contribution in [2.75, 3.05) is 5.33 Å². The summed E-state index contributed by atoms with van der Waals surface area (Å²) in [4.78, 5) is 24.2. The van der Waals surface area contributed by atoms with Crippen LogP contribution in [0.5, 0.6) is 0 Å². The van der Waals surface area contributed by atoms with Crippen LogP contribution in [-0.4, -0.2) is 47.0 Å². The molecule has 0 aliphatic carbocycles. The fraction of sp³-hybridized carbons (Fsp3) is 0.867. The lowest BCUT2D eigenvalue weighted by Crippen LogP contribution is -2.44. The summed E-state index contributed by atoms with van der Waals surface area (Å²) in [5.74, 6) is -0.940. The topological polar surface area (TPSA) is 82.1 Å². The quantitative estimate of drug-likeness (QED) is 0.595. The molecule has 1 fully saturated rings. The fourth-order valence-electron chi connectivity index (χ4n) is 1.70. The minimum Gasteiger partial charge on any atom is -0.455 e. The van der Waals surface area contributed by atoms with E-state index in [1.165, 1.54) is 0 Å². The molecule has 0 radical (unpaired) electrons. The highest BCUT2D eigenvalue weighted by Crippen LogP contribution is 2.30. The molecular formula is C15H25BrO6. The summed E-state index contributed by atoms with van der Waals surface area (Å²) >= 11 is 3.25. The van der Waals surface area contributed by atoms with Crippen molar-refractivity contribution in [3.63, 3.8) is 0 Å². The molecule has 7 heteroatoms. The third kappa shape index (κ3) is 4.67. The highest BCUT2D eigenvalue weighted by molar-refractivity contribution is 9.09. The first-order valence-electron chi connectivity index (χ1n) is 7.19. The van der Waals surface area contributed by atoms with E-state index >= 15 is 0 Å². The molecule has 4 atom stereocenters. The Kier molecular flexibility index (Phi) is 6.03. The SMILES string of the molecule is CC(C)(C)C(=O)O[C@@H]1[C@H](OC(=O)C(C)(C)C)[C@@H](CBr)O[C@H]1O. The van der Waals surface area contributed by atoms with Crippen LogP contribution in [0.25, 0.3) is 0 Å². The average molecular weight is 381 g/mol. The largest absolute Gasteiger partial charge is 0.455 e. The molecule has 0 bridgehead atoms. The Hall–Kier alpha value is -0.660. The Morgan fingerprint density at radius 2 is 1.41 bits per heavy atom. The molecule has 0 saturated carbocycles. The van der Waals surface area contributed by atoms with Gasteiger partial charge in [0, 0.05) is 5.33 Å². The van der Waals surface area contributed by atoms with E-state index in [9.17, 15) is 14.7 Å². The molecule has 22 heavy (non-hydrogen) atoms. The summed E-state index contributed by atoms with van der Waals surface area (Å²) in [5, 5.41) is 10.3. The summed E-state index contributed by atoms with van der Waals surface area (Å²) in [5.41, 5.74) is -1.44. The third-order valence-corrected chi connectivity index (χ3v) is 3.79. The Morgan fingerprint density at radius 1 is 1.00 bits per heavy atom. The molecule has 0 aromatic heterocycles. The minimum absolute atomic E-state index is 0.343. The standard InChI is InChI=1S/C15H25BrO6/c1-14(2,3)12(18)21-9-8(7-16)20-11(17)10(9)22-13(19)15(4,5)6/h8-11,17H,7H2,1-6H3/t8-,9-,10-,11-/m1/s1. The van der Waals surface area contributed by atoms with Crippen LogP contribution in [0.1, 0.15) is 41.5 Å². The van der Waals surface area contributed by atoms with Gasteiger partial charge in [0.15, 0.2) is 18.5 Å². The Bertz CT molecular complexity index is 423. The maximum atomic E-state index is 12.1. The van der Waals surface area contributed by atoms with Gasteiger partial charge in [-0.1, -0.05) is 15.9 Å². The summed E-state index contributed by atoms with van der Waals surface area (Å²) in [6, 6.07) is 0. The summed E-state index contributed by atoms with van der Waals surface area (Å²) in [6.07, 6.45) is -3.81. The Labute approximate surface area is 139 Å². The Balaban J connectivity index is 2.92. The van der Waals surface area contributed by atoms with Crippen LogP contribution >= 0.6 is 15.9 Å². The number of aliphatic hydroxyl groups is 1. The van der Waals surface area contributed by atoms with Gasteiger partial charge in [0.2, 0.25) is 0 Å². The summed E-state index contributed by atoms with van der Waals surface area (Å²) in [7, 11) is 0. The minimum atomic E-state index is -1.33. The highest BCUT2D eigenvalue weighted by atomic mass is 79.9. The number of halogens is 1. The number of aliphatic hydroxyl groups excluding tert-OH is 1. The van der Waals surface area contributed by atoms with E-state index in [2.05, 4.69) is 15.9 Å². The number of ether oxygens (including phenoxy) is 3. The normalized spacial score (nSPS) is 29.3. The van der Waals surface area contributed by atoms with Gasteiger partial charge in [-0.2, -0.15) is 0 Å². The molecule has 0 aromatic carbocycles. The molecule has 0 amide bonds. The van der Waals surface area contributed by atoms with Crippen molar-refractivity contribution < 1.29 is 28.9 Å². The molecular weight excluding hydrogens is 356 g/mol. The lowest BCUT2D eigenvalue weighted by Gasteiger charge is -2.28. The monoisotopic (exact) mass is 380 g/mol. The van der Waals surface area contributed by atoms with Gasteiger partial charge in [0.05, 0.1) is 10.8 Å². The molecule has 1 heterocycles. The van der Waals surface area contributed by atoms with Crippen LogP contribution in [0.2, 0.25) is 0 Å². The first kappa shape index (κ1) is 19.4. The second kappa shape index (κ2) is 6.84. The van der Waals surface area contributed by atoms with E-state index < -0.39 is 47.4 Å². The zero-order valence-electron chi connectivity index (χ0n) is 13.9. The zero-order chi connectivity index (χ0) is 17.3. The zero-order valence-corrected chi connectivity index (χ0v) is 15.5. The molecule has 1 N–H and O–H groups in total. The first-order valence-corrected chi connectivity index (χ1v) is 8.31. The first-order chi connectivity index (χ1) is 9.87. The van der Waals surface area contributed by atoms with Gasteiger partial charge < -0.3 is 19.3 Å². The molecule has 1 aliphatic rings. The molecule has 1 rings (SSSR count). The van der Waals surface area contributed by atoms with Crippen LogP contribution in [0, 0.1) is 10.8 Å². The van der Waals surface area contributed by atoms with Crippen molar-refractivity contribution in [3.05, 3.63) is 0 Å². The number of alkyl halides is 1. The van der Waals surface area contributed by atoms with Gasteiger partial charge in [-0.25, -0.2) is 0 Å². The van der Waals surface area contributed by atoms with Crippen molar-refractivity contribution in [2.24, 2.45) is 10.8 Å². The molecule has 0 spiro atoms. The molecule has 1 saturated heterocycles. The number of carbonyl (C=O) groups is 2. The average Bonchev–Trinajstić information content (AvgIpc) is 2.64. The van der Waals surface area contributed by atoms with Crippen LogP contribution in [-0.2, 0) is 23.8 Å². The third-order valence-electron chi connectivity index (χ3n) is 3.15. The summed E-state index contributed by atoms with van der Waals surface area (Å²) < 4.78 is 16.1. The Morgan fingerprint density at radius 3 is 1.77 bits per heavy atom. The molecule has 1 aliphatic heterocycles. The number of esters is 2. The van der Waals surface area contributed by atoms with Crippen LogP contribution < -0.4 is 0 Å². The van der Waals surface area contributed by atoms with Crippen molar-refractivity contribution in [2.45, 2.75) is 66.1 Å². The highest BCUT2D eigenvalue weighted by Gasteiger charge is 2.50. The van der Waals surface area contributed by atoms with E-state index in [4.69, 9.17) is 14.2 Å². The van der Waals surface area contributed by atoms with E-state index in [0.717, 1.165) is 0 Å².